The standard InChI is InChI=1S/C18H25N3O2S/c19-14-7-6-12-10-20(11-13(12)14)17(22)15-4-1-2-8-21(15)18(23)16-5-3-9-24-16/h3,5,9,12-15H,1-2,4,6-8,10-11,19H2. The van der Waals surface area contributed by atoms with E-state index in [1.54, 1.807) is 0 Å². The van der Waals surface area contributed by atoms with Gasteiger partial charge in [-0.05, 0) is 55.4 Å². The fourth-order valence-corrected chi connectivity index (χ4v) is 5.35. The van der Waals surface area contributed by atoms with E-state index in [1.165, 1.54) is 11.3 Å². The number of hydrogen-bond donors (Lipinski definition) is 1. The van der Waals surface area contributed by atoms with Crippen LogP contribution in [-0.2, 0) is 4.79 Å². The molecule has 0 spiro atoms. The van der Waals surface area contributed by atoms with E-state index >= 15 is 0 Å². The van der Waals surface area contributed by atoms with Crippen LogP contribution in [-0.4, -0.2) is 53.3 Å². The lowest BCUT2D eigenvalue weighted by molar-refractivity contribution is -0.136. The number of likely N-dealkylation sites (tertiary alicyclic amines) is 2. The van der Waals surface area contributed by atoms with E-state index in [4.69, 9.17) is 5.73 Å². The number of nitrogens with zero attached hydrogens (tertiary/aromatic N) is 2. The van der Waals surface area contributed by atoms with Crippen LogP contribution in [0.25, 0.3) is 0 Å². The van der Waals surface area contributed by atoms with Crippen molar-refractivity contribution in [2.24, 2.45) is 17.6 Å². The van der Waals surface area contributed by atoms with E-state index in [-0.39, 0.29) is 23.9 Å². The number of thiophene rings is 1. The van der Waals surface area contributed by atoms with Gasteiger partial charge in [0.25, 0.3) is 5.91 Å². The van der Waals surface area contributed by atoms with E-state index < -0.39 is 0 Å². The van der Waals surface area contributed by atoms with Crippen LogP contribution in [0.3, 0.4) is 0 Å². The maximum atomic E-state index is 13.1. The van der Waals surface area contributed by atoms with E-state index in [2.05, 4.69) is 0 Å². The molecule has 2 aliphatic heterocycles. The molecule has 1 aliphatic carbocycles. The number of carbonyl (C=O) groups excluding carboxylic acids is 2. The van der Waals surface area contributed by atoms with E-state index in [9.17, 15) is 9.59 Å². The SMILES string of the molecule is NC1CCC2CN(C(=O)C3CCCCN3C(=O)c3cccs3)CC12. The van der Waals surface area contributed by atoms with Gasteiger partial charge >= 0.3 is 0 Å². The minimum Gasteiger partial charge on any atom is -0.340 e. The quantitative estimate of drug-likeness (QED) is 0.889. The topological polar surface area (TPSA) is 66.6 Å². The number of piperidine rings is 1. The second-order valence-corrected chi connectivity index (χ2v) is 8.34. The number of fused-ring (bicyclic) bond motifs is 1. The van der Waals surface area contributed by atoms with Gasteiger partial charge in [0.1, 0.15) is 6.04 Å². The van der Waals surface area contributed by atoms with Gasteiger partial charge in [-0.1, -0.05) is 6.07 Å². The monoisotopic (exact) mass is 347 g/mol. The first kappa shape index (κ1) is 16.1. The molecule has 1 aromatic rings. The van der Waals surface area contributed by atoms with Gasteiger partial charge in [0.15, 0.2) is 0 Å². The summed E-state index contributed by atoms with van der Waals surface area (Å²) in [5.74, 6) is 1.17. The van der Waals surface area contributed by atoms with Gasteiger partial charge in [-0.25, -0.2) is 0 Å². The number of amides is 2. The van der Waals surface area contributed by atoms with Crippen LogP contribution in [0.4, 0.5) is 0 Å². The first-order chi connectivity index (χ1) is 11.6. The Morgan fingerprint density at radius 2 is 2.04 bits per heavy atom. The zero-order valence-electron chi connectivity index (χ0n) is 13.9. The first-order valence-electron chi connectivity index (χ1n) is 9.04. The molecule has 5 nitrogen and oxygen atoms in total. The summed E-state index contributed by atoms with van der Waals surface area (Å²) in [6.07, 6.45) is 5.01. The predicted octanol–water partition coefficient (Wildman–Crippen LogP) is 1.94. The summed E-state index contributed by atoms with van der Waals surface area (Å²) < 4.78 is 0. The normalized spacial score (nSPS) is 32.9. The van der Waals surface area contributed by atoms with Gasteiger partial charge < -0.3 is 15.5 Å². The smallest absolute Gasteiger partial charge is 0.264 e. The van der Waals surface area contributed by atoms with Crippen molar-refractivity contribution < 1.29 is 9.59 Å². The van der Waals surface area contributed by atoms with Gasteiger partial charge in [-0.2, -0.15) is 0 Å². The predicted molar refractivity (Wildman–Crippen MR) is 93.8 cm³/mol. The van der Waals surface area contributed by atoms with Crippen LogP contribution in [0, 0.1) is 11.8 Å². The summed E-state index contributed by atoms with van der Waals surface area (Å²) >= 11 is 1.45. The molecule has 4 atom stereocenters. The third kappa shape index (κ3) is 2.75. The van der Waals surface area contributed by atoms with Crippen LogP contribution >= 0.6 is 11.3 Å². The molecular weight excluding hydrogens is 322 g/mol. The highest BCUT2D eigenvalue weighted by Crippen LogP contribution is 2.38. The van der Waals surface area contributed by atoms with E-state index in [0.717, 1.165) is 50.1 Å². The zero-order chi connectivity index (χ0) is 16.7. The summed E-state index contributed by atoms with van der Waals surface area (Å²) in [7, 11) is 0. The van der Waals surface area contributed by atoms with Crippen LogP contribution in [0.1, 0.15) is 41.8 Å². The molecule has 0 aromatic carbocycles. The van der Waals surface area contributed by atoms with Crippen LogP contribution in [0.2, 0.25) is 0 Å². The first-order valence-corrected chi connectivity index (χ1v) is 9.92. The van der Waals surface area contributed by atoms with Crippen molar-refractivity contribution in [1.29, 1.82) is 0 Å². The summed E-state index contributed by atoms with van der Waals surface area (Å²) in [5, 5.41) is 1.91. The van der Waals surface area contributed by atoms with Crippen molar-refractivity contribution in [1.82, 2.24) is 9.80 Å². The molecular formula is C18H25N3O2S. The van der Waals surface area contributed by atoms with Crippen molar-refractivity contribution in [2.45, 2.75) is 44.2 Å². The van der Waals surface area contributed by atoms with Gasteiger partial charge in [-0.3, -0.25) is 9.59 Å². The zero-order valence-corrected chi connectivity index (χ0v) is 14.7. The van der Waals surface area contributed by atoms with Crippen LogP contribution in [0.15, 0.2) is 17.5 Å². The van der Waals surface area contributed by atoms with Crippen molar-refractivity contribution in [2.75, 3.05) is 19.6 Å². The Hall–Kier alpha value is -1.40. The van der Waals surface area contributed by atoms with Crippen LogP contribution in [0.5, 0.6) is 0 Å². The summed E-state index contributed by atoms with van der Waals surface area (Å²) in [6.45, 7) is 2.30. The molecule has 3 heterocycles. The van der Waals surface area contributed by atoms with Crippen molar-refractivity contribution in [3.8, 4) is 0 Å². The third-order valence-corrected chi connectivity index (χ3v) is 6.86. The number of rotatable bonds is 2. The van der Waals surface area contributed by atoms with Crippen molar-refractivity contribution in [3.05, 3.63) is 22.4 Å². The number of carbonyl (C=O) groups is 2. The third-order valence-electron chi connectivity index (χ3n) is 6.00. The fraction of sp³-hybridized carbons (Fsp3) is 0.667. The molecule has 0 radical (unpaired) electrons. The largest absolute Gasteiger partial charge is 0.340 e. The summed E-state index contributed by atoms with van der Waals surface area (Å²) in [6, 6.07) is 3.69. The molecule has 2 amide bonds. The lowest BCUT2D eigenvalue weighted by Crippen LogP contribution is -2.52. The molecule has 3 aliphatic rings. The number of hydrogen-bond acceptors (Lipinski definition) is 4. The minimum atomic E-state index is -0.289. The molecule has 130 valence electrons. The second kappa shape index (κ2) is 6.48. The van der Waals surface area contributed by atoms with Crippen molar-refractivity contribution >= 4 is 23.2 Å². The van der Waals surface area contributed by atoms with Crippen LogP contribution < -0.4 is 5.73 Å². The van der Waals surface area contributed by atoms with E-state index in [1.807, 2.05) is 27.3 Å². The van der Waals surface area contributed by atoms with Crippen molar-refractivity contribution in [3.63, 3.8) is 0 Å². The Kier molecular flexibility index (Phi) is 4.35. The summed E-state index contributed by atoms with van der Waals surface area (Å²) in [5.41, 5.74) is 6.20. The van der Waals surface area contributed by atoms with Gasteiger partial charge in [-0.15, -0.1) is 11.3 Å². The lowest BCUT2D eigenvalue weighted by Gasteiger charge is -2.36. The molecule has 0 bridgehead atoms. The molecule has 6 heteroatoms. The highest BCUT2D eigenvalue weighted by molar-refractivity contribution is 7.12. The second-order valence-electron chi connectivity index (χ2n) is 7.40. The highest BCUT2D eigenvalue weighted by atomic mass is 32.1. The number of nitrogens with two attached hydrogens (primary N) is 1. The molecule has 2 N–H and O–H groups in total. The van der Waals surface area contributed by atoms with Gasteiger partial charge in [0, 0.05) is 25.7 Å². The van der Waals surface area contributed by atoms with E-state index in [0.29, 0.717) is 18.4 Å². The van der Waals surface area contributed by atoms with Gasteiger partial charge in [0.2, 0.25) is 5.91 Å². The molecule has 2 saturated heterocycles. The minimum absolute atomic E-state index is 0.0131. The van der Waals surface area contributed by atoms with Gasteiger partial charge in [0.05, 0.1) is 4.88 Å². The average molecular weight is 347 g/mol. The molecule has 3 fully saturated rings. The maximum absolute atomic E-state index is 13.1. The summed E-state index contributed by atoms with van der Waals surface area (Å²) in [4.78, 5) is 30.4. The Bertz CT molecular complexity index is 618. The lowest BCUT2D eigenvalue weighted by atomic mass is 9.98. The molecule has 1 aromatic heterocycles. The molecule has 1 saturated carbocycles. The molecule has 4 unspecified atom stereocenters. The Balaban J connectivity index is 1.49. The highest BCUT2D eigenvalue weighted by Gasteiger charge is 2.45. The Labute approximate surface area is 146 Å². The Morgan fingerprint density at radius 3 is 2.79 bits per heavy atom. The molecule has 4 rings (SSSR count). The fourth-order valence-electron chi connectivity index (χ4n) is 4.67. The molecule has 24 heavy (non-hydrogen) atoms. The maximum Gasteiger partial charge on any atom is 0.264 e. The average Bonchev–Trinajstić information content (AvgIpc) is 3.32. The Morgan fingerprint density at radius 1 is 1.17 bits per heavy atom.